The Morgan fingerprint density at radius 2 is 1.90 bits per heavy atom. The Labute approximate surface area is 123 Å². The zero-order valence-corrected chi connectivity index (χ0v) is 13.4. The number of hydrogen-bond acceptors (Lipinski definition) is 4. The molecular weight excluding hydrogens is 252 g/mol. The zero-order chi connectivity index (χ0) is 15.0. The molecule has 0 aromatic carbocycles. The maximum absolute atomic E-state index is 11.8. The third-order valence-corrected chi connectivity index (χ3v) is 3.81. The van der Waals surface area contributed by atoms with Crippen molar-refractivity contribution in [3.05, 3.63) is 0 Å². The second kappa shape index (κ2) is 9.32. The highest BCUT2D eigenvalue weighted by atomic mass is 16.1. The molecule has 0 spiro atoms. The molecule has 1 rings (SSSR count). The molecule has 1 fully saturated rings. The number of nitrogens with two attached hydrogens (primary N) is 1. The first-order valence-corrected chi connectivity index (χ1v) is 8.00. The van der Waals surface area contributed by atoms with Crippen molar-refractivity contribution in [1.82, 2.24) is 15.1 Å². The topological polar surface area (TPSA) is 61.6 Å². The lowest BCUT2D eigenvalue weighted by molar-refractivity contribution is -0.122. The summed E-state index contributed by atoms with van der Waals surface area (Å²) in [5.41, 5.74) is 5.86. The van der Waals surface area contributed by atoms with Crippen LogP contribution in [0, 0.1) is 5.92 Å². The second-order valence-electron chi connectivity index (χ2n) is 6.17. The molecule has 0 aliphatic carbocycles. The van der Waals surface area contributed by atoms with Crippen molar-refractivity contribution in [2.75, 3.05) is 45.8 Å². The van der Waals surface area contributed by atoms with E-state index < -0.39 is 0 Å². The maximum Gasteiger partial charge on any atom is 0.221 e. The lowest BCUT2D eigenvalue weighted by atomic mass is 10.1. The summed E-state index contributed by atoms with van der Waals surface area (Å²) in [6, 6.07) is 0.188. The van der Waals surface area contributed by atoms with Gasteiger partial charge in [0, 0.05) is 58.3 Å². The van der Waals surface area contributed by atoms with E-state index in [1.54, 1.807) is 0 Å². The molecule has 1 amide bonds. The summed E-state index contributed by atoms with van der Waals surface area (Å²) < 4.78 is 0. The fourth-order valence-corrected chi connectivity index (χ4v) is 2.74. The molecule has 1 unspecified atom stereocenters. The van der Waals surface area contributed by atoms with Gasteiger partial charge in [0.1, 0.15) is 0 Å². The van der Waals surface area contributed by atoms with E-state index in [1.807, 2.05) is 0 Å². The van der Waals surface area contributed by atoms with Crippen molar-refractivity contribution < 1.29 is 4.79 Å². The van der Waals surface area contributed by atoms with Crippen LogP contribution in [0.4, 0.5) is 0 Å². The second-order valence-corrected chi connectivity index (χ2v) is 6.17. The number of carbonyl (C=O) groups excluding carboxylic acids is 1. The predicted molar refractivity (Wildman–Crippen MR) is 83.6 cm³/mol. The first-order chi connectivity index (χ1) is 9.56. The molecule has 1 aliphatic heterocycles. The number of nitrogens with zero attached hydrogens (tertiary/aromatic N) is 2. The Bertz CT molecular complexity index is 275. The van der Waals surface area contributed by atoms with Crippen LogP contribution >= 0.6 is 0 Å². The smallest absolute Gasteiger partial charge is 0.221 e. The van der Waals surface area contributed by atoms with Crippen molar-refractivity contribution in [3.8, 4) is 0 Å². The van der Waals surface area contributed by atoms with Gasteiger partial charge in [-0.3, -0.25) is 9.69 Å². The lowest BCUT2D eigenvalue weighted by Crippen LogP contribution is -2.53. The highest BCUT2D eigenvalue weighted by Crippen LogP contribution is 2.10. The van der Waals surface area contributed by atoms with Gasteiger partial charge in [-0.15, -0.1) is 0 Å². The van der Waals surface area contributed by atoms with E-state index in [-0.39, 0.29) is 11.9 Å². The molecule has 1 atom stereocenters. The van der Waals surface area contributed by atoms with Crippen LogP contribution in [0.3, 0.4) is 0 Å². The van der Waals surface area contributed by atoms with Crippen LogP contribution in [0.5, 0.6) is 0 Å². The monoisotopic (exact) mass is 284 g/mol. The number of amides is 1. The van der Waals surface area contributed by atoms with Crippen LogP contribution < -0.4 is 11.1 Å². The van der Waals surface area contributed by atoms with Gasteiger partial charge in [0.25, 0.3) is 0 Å². The van der Waals surface area contributed by atoms with Crippen LogP contribution in [0.2, 0.25) is 0 Å². The van der Waals surface area contributed by atoms with E-state index in [0.717, 1.165) is 45.7 Å². The van der Waals surface area contributed by atoms with E-state index in [1.165, 1.54) is 0 Å². The fourth-order valence-electron chi connectivity index (χ4n) is 2.74. The molecule has 5 nitrogen and oxygen atoms in total. The van der Waals surface area contributed by atoms with Gasteiger partial charge in [-0.05, 0) is 12.3 Å². The summed E-state index contributed by atoms with van der Waals surface area (Å²) in [6.45, 7) is 13.3. The van der Waals surface area contributed by atoms with E-state index in [2.05, 4.69) is 35.9 Å². The lowest BCUT2D eigenvalue weighted by Gasteiger charge is -2.39. The van der Waals surface area contributed by atoms with E-state index >= 15 is 0 Å². The Morgan fingerprint density at radius 1 is 1.25 bits per heavy atom. The minimum Gasteiger partial charge on any atom is -0.356 e. The Balaban J connectivity index is 2.34. The highest BCUT2D eigenvalue weighted by Gasteiger charge is 2.24. The molecule has 0 aromatic heterocycles. The molecular formula is C15H32N4O. The normalized spacial score (nSPS) is 19.2. The van der Waals surface area contributed by atoms with Crippen LogP contribution in [-0.4, -0.2) is 67.6 Å². The Morgan fingerprint density at radius 3 is 2.40 bits per heavy atom. The van der Waals surface area contributed by atoms with Crippen LogP contribution in [-0.2, 0) is 4.79 Å². The molecule has 3 N–H and O–H groups in total. The molecule has 0 saturated carbocycles. The fraction of sp³-hybridized carbons (Fsp3) is 0.933. The average molecular weight is 284 g/mol. The average Bonchev–Trinajstić information content (AvgIpc) is 2.43. The molecule has 0 bridgehead atoms. The summed E-state index contributed by atoms with van der Waals surface area (Å²) in [7, 11) is 0. The maximum atomic E-state index is 11.8. The third kappa shape index (κ3) is 6.20. The number of rotatable bonds is 8. The molecule has 0 radical (unpaired) electrons. The first-order valence-electron chi connectivity index (χ1n) is 8.00. The van der Waals surface area contributed by atoms with Crippen LogP contribution in [0.1, 0.15) is 33.6 Å². The van der Waals surface area contributed by atoms with Crippen molar-refractivity contribution in [3.63, 3.8) is 0 Å². The predicted octanol–water partition coefficient (Wildman–Crippen LogP) is 0.504. The minimum absolute atomic E-state index is 0.131. The van der Waals surface area contributed by atoms with Gasteiger partial charge in [0.2, 0.25) is 5.91 Å². The number of carbonyl (C=O) groups is 1. The minimum atomic E-state index is 0.131. The zero-order valence-electron chi connectivity index (χ0n) is 13.4. The van der Waals surface area contributed by atoms with E-state index in [4.69, 9.17) is 5.73 Å². The van der Waals surface area contributed by atoms with Crippen molar-refractivity contribution >= 4 is 5.91 Å². The van der Waals surface area contributed by atoms with Crippen molar-refractivity contribution in [2.45, 2.75) is 39.7 Å². The molecule has 1 aliphatic rings. The van der Waals surface area contributed by atoms with Gasteiger partial charge < -0.3 is 16.0 Å². The summed E-state index contributed by atoms with van der Waals surface area (Å²) in [6.07, 6.45) is 1.51. The number of nitrogens with one attached hydrogen (secondary N) is 1. The first kappa shape index (κ1) is 17.4. The number of piperazine rings is 1. The highest BCUT2D eigenvalue weighted by molar-refractivity contribution is 5.76. The van der Waals surface area contributed by atoms with Gasteiger partial charge >= 0.3 is 0 Å². The number of hydrogen-bond donors (Lipinski definition) is 2. The summed E-state index contributed by atoms with van der Waals surface area (Å²) >= 11 is 0. The summed E-state index contributed by atoms with van der Waals surface area (Å²) in [5.74, 6) is 0.846. The summed E-state index contributed by atoms with van der Waals surface area (Å²) in [4.78, 5) is 16.7. The molecule has 20 heavy (non-hydrogen) atoms. The third-order valence-electron chi connectivity index (χ3n) is 3.81. The quantitative estimate of drug-likeness (QED) is 0.681. The Kier molecular flexibility index (Phi) is 8.11. The van der Waals surface area contributed by atoms with Gasteiger partial charge in [0.05, 0.1) is 0 Å². The van der Waals surface area contributed by atoms with Gasteiger partial charge in [0.15, 0.2) is 0 Å². The molecule has 118 valence electrons. The van der Waals surface area contributed by atoms with E-state index in [9.17, 15) is 4.79 Å². The van der Waals surface area contributed by atoms with Gasteiger partial charge in [-0.2, -0.15) is 0 Å². The summed E-state index contributed by atoms with van der Waals surface area (Å²) in [5, 5.41) is 2.94. The molecule has 0 aromatic rings. The largest absolute Gasteiger partial charge is 0.356 e. The van der Waals surface area contributed by atoms with Gasteiger partial charge in [-0.1, -0.05) is 20.8 Å². The molecule has 5 heteroatoms. The van der Waals surface area contributed by atoms with Crippen LogP contribution in [0.15, 0.2) is 0 Å². The Hall–Kier alpha value is -0.650. The van der Waals surface area contributed by atoms with E-state index in [0.29, 0.717) is 18.9 Å². The molecule has 1 saturated heterocycles. The van der Waals surface area contributed by atoms with Crippen LogP contribution in [0.25, 0.3) is 0 Å². The SMILES string of the molecule is CCCNC(=O)CC(CN)N1CCN(CC(C)C)CC1. The van der Waals surface area contributed by atoms with Crippen molar-refractivity contribution in [2.24, 2.45) is 11.7 Å². The molecule has 1 heterocycles. The van der Waals surface area contributed by atoms with Crippen molar-refractivity contribution in [1.29, 1.82) is 0 Å². The standard InChI is InChI=1S/C15H32N4O/c1-4-5-17-15(20)10-14(11-16)19-8-6-18(7-9-19)12-13(2)3/h13-14H,4-12,16H2,1-3H3,(H,17,20). The van der Waals surface area contributed by atoms with Gasteiger partial charge in [-0.25, -0.2) is 0 Å².